The second-order valence-corrected chi connectivity index (χ2v) is 7.89. The van der Waals surface area contributed by atoms with E-state index >= 15 is 0 Å². The Hall–Kier alpha value is -3.29. The molecule has 0 unspecified atom stereocenters. The summed E-state index contributed by atoms with van der Waals surface area (Å²) in [4.78, 5) is 12.4. The van der Waals surface area contributed by atoms with E-state index in [1.807, 2.05) is 0 Å². The van der Waals surface area contributed by atoms with E-state index in [4.69, 9.17) is 4.74 Å². The molecule has 34 heavy (non-hydrogen) atoms. The second kappa shape index (κ2) is 11.2. The molecule has 8 heteroatoms. The Morgan fingerprint density at radius 3 is 2.21 bits per heavy atom. The molecule has 0 aliphatic rings. The van der Waals surface area contributed by atoms with Gasteiger partial charge < -0.3 is 4.74 Å². The molecule has 0 N–H and O–H groups in total. The van der Waals surface area contributed by atoms with Crippen molar-refractivity contribution in [2.24, 2.45) is 0 Å². The van der Waals surface area contributed by atoms with Crippen LogP contribution in [-0.2, 0) is 6.42 Å². The number of esters is 1. The number of rotatable bonds is 9. The largest absolute Gasteiger partial charge is 0.423 e. The van der Waals surface area contributed by atoms with Crippen LogP contribution >= 0.6 is 0 Å². The van der Waals surface area contributed by atoms with Crippen molar-refractivity contribution in [2.45, 2.75) is 45.4 Å². The average molecular weight is 480 g/mol. The summed E-state index contributed by atoms with van der Waals surface area (Å²) < 4.78 is 87.4. The molecule has 2 nitrogen and oxygen atoms in total. The van der Waals surface area contributed by atoms with E-state index in [1.54, 1.807) is 0 Å². The Morgan fingerprint density at radius 1 is 0.882 bits per heavy atom. The van der Waals surface area contributed by atoms with E-state index in [2.05, 4.69) is 6.92 Å². The molecule has 0 fully saturated rings. The molecular weight excluding hydrogens is 458 g/mol. The van der Waals surface area contributed by atoms with Gasteiger partial charge in [0, 0.05) is 11.5 Å². The Morgan fingerprint density at radius 2 is 1.56 bits per heavy atom. The second-order valence-electron chi connectivity index (χ2n) is 7.89. The quantitative estimate of drug-likeness (QED) is 0.133. The predicted molar refractivity (Wildman–Crippen MR) is 118 cm³/mol. The lowest BCUT2D eigenvalue weighted by molar-refractivity contribution is 0.0725. The van der Waals surface area contributed by atoms with E-state index in [0.717, 1.165) is 68.5 Å². The molecule has 3 rings (SSSR count). The minimum Gasteiger partial charge on any atom is -0.423 e. The number of fused-ring (bicyclic) bond motifs is 1. The molecule has 0 atom stereocenters. The first-order valence-electron chi connectivity index (χ1n) is 10.9. The third kappa shape index (κ3) is 5.98. The van der Waals surface area contributed by atoms with Crippen molar-refractivity contribution < 1.29 is 35.9 Å². The van der Waals surface area contributed by atoms with E-state index in [-0.39, 0.29) is 22.6 Å². The monoisotopic (exact) mass is 480 g/mol. The van der Waals surface area contributed by atoms with E-state index in [9.17, 15) is 31.1 Å². The molecule has 0 heterocycles. The smallest absolute Gasteiger partial charge is 0.349 e. The summed E-state index contributed by atoms with van der Waals surface area (Å²) >= 11 is 0. The minimum atomic E-state index is -2.27. The number of halogens is 6. The molecule has 0 spiro atoms. The van der Waals surface area contributed by atoms with Crippen molar-refractivity contribution in [3.8, 4) is 5.75 Å². The summed E-state index contributed by atoms with van der Waals surface area (Å²) in [5, 5.41) is -0.287. The van der Waals surface area contributed by atoms with Crippen LogP contribution in [0.25, 0.3) is 16.8 Å². The van der Waals surface area contributed by atoms with Crippen molar-refractivity contribution in [1.82, 2.24) is 0 Å². The minimum absolute atomic E-state index is 0.0679. The van der Waals surface area contributed by atoms with Crippen molar-refractivity contribution in [3.63, 3.8) is 0 Å². The highest BCUT2D eigenvalue weighted by Crippen LogP contribution is 2.30. The Kier molecular flexibility index (Phi) is 8.36. The fourth-order valence-electron chi connectivity index (χ4n) is 3.68. The summed E-state index contributed by atoms with van der Waals surface area (Å²) in [5.74, 6) is -6.15. The zero-order chi connectivity index (χ0) is 24.8. The van der Waals surface area contributed by atoms with Crippen molar-refractivity contribution in [2.75, 3.05) is 0 Å². The van der Waals surface area contributed by atoms with E-state index in [0.29, 0.717) is 12.0 Å². The number of unbranched alkanes of at least 4 members (excludes halogenated alkanes) is 4. The zero-order valence-corrected chi connectivity index (χ0v) is 18.4. The van der Waals surface area contributed by atoms with Gasteiger partial charge in [-0.2, -0.15) is 8.78 Å². The summed E-state index contributed by atoms with van der Waals surface area (Å²) in [7, 11) is 0. The molecule has 3 aromatic rings. The summed E-state index contributed by atoms with van der Waals surface area (Å²) in [5.41, 5.74) is -1.37. The van der Waals surface area contributed by atoms with Crippen LogP contribution in [0.2, 0.25) is 0 Å². The Labute approximate surface area is 192 Å². The molecular formula is C26H22F6O2. The van der Waals surface area contributed by atoms with Crippen LogP contribution in [0.5, 0.6) is 5.75 Å². The third-order valence-electron chi connectivity index (χ3n) is 5.37. The van der Waals surface area contributed by atoms with Gasteiger partial charge in [-0.05, 0) is 60.2 Å². The topological polar surface area (TPSA) is 26.3 Å². The SMILES string of the molecule is CCCCCCCc1cc(F)c(C(=O)Oc2ccc3c(F)c(C=C(F)F)c(F)cc3c2)c(F)c1. The van der Waals surface area contributed by atoms with Gasteiger partial charge in [0.15, 0.2) is 0 Å². The Balaban J connectivity index is 1.79. The molecule has 0 bridgehead atoms. The predicted octanol–water partition coefficient (Wildman–Crippen LogP) is 8.37. The molecule has 0 amide bonds. The first-order valence-corrected chi connectivity index (χ1v) is 10.9. The number of aryl methyl sites for hydroxylation is 1. The number of ether oxygens (including phenoxy) is 1. The third-order valence-corrected chi connectivity index (χ3v) is 5.37. The maximum atomic E-state index is 14.5. The normalized spacial score (nSPS) is 11.0. The number of carbonyl (C=O) groups excluding carboxylic acids is 1. The first-order chi connectivity index (χ1) is 16.2. The van der Waals surface area contributed by atoms with Gasteiger partial charge in [0.2, 0.25) is 0 Å². The van der Waals surface area contributed by atoms with Crippen LogP contribution in [0, 0.1) is 23.3 Å². The highest BCUT2D eigenvalue weighted by molar-refractivity contribution is 5.93. The molecule has 0 saturated carbocycles. The van der Waals surface area contributed by atoms with Crippen molar-refractivity contribution in [1.29, 1.82) is 0 Å². The molecule has 0 aliphatic carbocycles. The summed E-state index contributed by atoms with van der Waals surface area (Å²) in [6.07, 6.45) is 3.18. The average Bonchev–Trinajstić information content (AvgIpc) is 2.75. The van der Waals surface area contributed by atoms with E-state index < -0.39 is 46.4 Å². The van der Waals surface area contributed by atoms with Gasteiger partial charge in [-0.15, -0.1) is 0 Å². The van der Waals surface area contributed by atoms with Crippen LogP contribution in [0.4, 0.5) is 26.3 Å². The van der Waals surface area contributed by atoms with Crippen LogP contribution in [0.15, 0.2) is 42.5 Å². The lowest BCUT2D eigenvalue weighted by Crippen LogP contribution is -2.14. The van der Waals surface area contributed by atoms with Gasteiger partial charge in [0.1, 0.15) is 34.6 Å². The maximum absolute atomic E-state index is 14.5. The maximum Gasteiger partial charge on any atom is 0.349 e. The van der Waals surface area contributed by atoms with Gasteiger partial charge in [0.05, 0.1) is 5.56 Å². The number of benzene rings is 3. The standard InChI is InChI=1S/C26H22F6O2/c1-2-3-4-5-6-7-15-10-21(28)24(22(29)11-15)26(33)34-17-8-9-18-16(12-17)13-20(27)19(25(18)32)14-23(30)31/h8-14H,2-7H2,1H3. The summed E-state index contributed by atoms with van der Waals surface area (Å²) in [6, 6.07) is 6.24. The zero-order valence-electron chi connectivity index (χ0n) is 18.4. The number of hydrogen-bond donors (Lipinski definition) is 0. The Bertz CT molecular complexity index is 1210. The first kappa shape index (κ1) is 25.3. The number of hydrogen-bond acceptors (Lipinski definition) is 2. The molecule has 0 radical (unpaired) electrons. The van der Waals surface area contributed by atoms with Crippen molar-refractivity contribution in [3.05, 3.63) is 82.4 Å². The molecule has 3 aromatic carbocycles. The molecule has 180 valence electrons. The fourth-order valence-corrected chi connectivity index (χ4v) is 3.68. The molecule has 0 aromatic heterocycles. The summed E-state index contributed by atoms with van der Waals surface area (Å²) in [6.45, 7) is 2.09. The lowest BCUT2D eigenvalue weighted by atomic mass is 10.0. The van der Waals surface area contributed by atoms with Crippen LogP contribution in [-0.4, -0.2) is 5.97 Å². The van der Waals surface area contributed by atoms with Gasteiger partial charge in [-0.3, -0.25) is 0 Å². The van der Waals surface area contributed by atoms with Gasteiger partial charge >= 0.3 is 5.97 Å². The molecule has 0 aliphatic heterocycles. The van der Waals surface area contributed by atoms with Crippen LogP contribution in [0.3, 0.4) is 0 Å². The van der Waals surface area contributed by atoms with E-state index in [1.165, 1.54) is 0 Å². The molecule has 0 saturated heterocycles. The van der Waals surface area contributed by atoms with Crippen molar-refractivity contribution >= 4 is 22.8 Å². The van der Waals surface area contributed by atoms with Crippen LogP contribution in [0.1, 0.15) is 60.5 Å². The lowest BCUT2D eigenvalue weighted by Gasteiger charge is -2.10. The van der Waals surface area contributed by atoms with Crippen LogP contribution < -0.4 is 4.74 Å². The highest BCUT2D eigenvalue weighted by Gasteiger charge is 2.22. The van der Waals surface area contributed by atoms with Gasteiger partial charge in [-0.25, -0.2) is 22.4 Å². The van der Waals surface area contributed by atoms with Gasteiger partial charge in [0.25, 0.3) is 6.08 Å². The number of carbonyl (C=O) groups is 1. The fraction of sp³-hybridized carbons (Fsp3) is 0.269. The highest BCUT2D eigenvalue weighted by atomic mass is 19.3. The van der Waals surface area contributed by atoms with Gasteiger partial charge in [-0.1, -0.05) is 32.6 Å².